The first-order valence-corrected chi connectivity index (χ1v) is 5.91. The van der Waals surface area contributed by atoms with E-state index in [0.29, 0.717) is 12.1 Å². The monoisotopic (exact) mass is 200 g/mol. The zero-order chi connectivity index (χ0) is 11.1. The lowest BCUT2D eigenvalue weighted by Gasteiger charge is -2.30. The van der Waals surface area contributed by atoms with Crippen LogP contribution in [0.15, 0.2) is 0 Å². The van der Waals surface area contributed by atoms with E-state index in [-0.39, 0.29) is 0 Å². The average Bonchev–Trinajstić information content (AvgIpc) is 2.14. The smallest absolute Gasteiger partial charge is 0.0192 e. The summed E-state index contributed by atoms with van der Waals surface area (Å²) in [5.74, 6) is 0.746. The minimum Gasteiger partial charge on any atom is -0.315 e. The van der Waals surface area contributed by atoms with Gasteiger partial charge in [0.25, 0.3) is 0 Å². The van der Waals surface area contributed by atoms with Gasteiger partial charge in [-0.25, -0.2) is 0 Å². The Kier molecular flexibility index (Phi) is 7.20. The summed E-state index contributed by atoms with van der Waals surface area (Å²) in [6.07, 6.45) is 1.23. The summed E-state index contributed by atoms with van der Waals surface area (Å²) in [6.45, 7) is 13.5. The molecule has 0 aromatic rings. The number of rotatable bonds is 7. The molecule has 0 saturated carbocycles. The van der Waals surface area contributed by atoms with Gasteiger partial charge < -0.3 is 5.32 Å². The van der Waals surface area contributed by atoms with E-state index in [0.717, 1.165) is 19.0 Å². The van der Waals surface area contributed by atoms with E-state index in [1.54, 1.807) is 0 Å². The van der Waals surface area contributed by atoms with Crippen LogP contribution in [0.2, 0.25) is 0 Å². The van der Waals surface area contributed by atoms with Crippen molar-refractivity contribution in [1.82, 2.24) is 10.2 Å². The standard InChI is InChI=1S/C12H28N2/c1-7-11(4)14(6)12(5)9-13-8-10(2)3/h10-13H,7-9H2,1-6H3. The van der Waals surface area contributed by atoms with Crippen molar-refractivity contribution in [3.63, 3.8) is 0 Å². The molecular formula is C12H28N2. The predicted octanol–water partition coefficient (Wildman–Crippen LogP) is 2.35. The molecule has 0 spiro atoms. The van der Waals surface area contributed by atoms with Crippen molar-refractivity contribution < 1.29 is 0 Å². The summed E-state index contributed by atoms with van der Waals surface area (Å²) in [5.41, 5.74) is 0. The lowest BCUT2D eigenvalue weighted by molar-refractivity contribution is 0.187. The second-order valence-electron chi connectivity index (χ2n) is 4.82. The van der Waals surface area contributed by atoms with Gasteiger partial charge in [0.05, 0.1) is 0 Å². The molecule has 0 aliphatic carbocycles. The van der Waals surface area contributed by atoms with Gasteiger partial charge in [-0.15, -0.1) is 0 Å². The summed E-state index contributed by atoms with van der Waals surface area (Å²) in [6, 6.07) is 1.31. The summed E-state index contributed by atoms with van der Waals surface area (Å²) in [4.78, 5) is 2.45. The number of hydrogen-bond acceptors (Lipinski definition) is 2. The third kappa shape index (κ3) is 5.61. The Labute approximate surface area is 90.1 Å². The van der Waals surface area contributed by atoms with E-state index in [4.69, 9.17) is 0 Å². The van der Waals surface area contributed by atoms with E-state index in [2.05, 4.69) is 51.9 Å². The third-order valence-electron chi connectivity index (χ3n) is 2.97. The van der Waals surface area contributed by atoms with Crippen LogP contribution in [0.3, 0.4) is 0 Å². The fourth-order valence-electron chi connectivity index (χ4n) is 1.45. The van der Waals surface area contributed by atoms with Gasteiger partial charge in [-0.1, -0.05) is 20.8 Å². The van der Waals surface area contributed by atoms with Crippen LogP contribution in [0.1, 0.15) is 41.0 Å². The molecule has 0 saturated heterocycles. The van der Waals surface area contributed by atoms with Crippen LogP contribution in [-0.4, -0.2) is 37.1 Å². The van der Waals surface area contributed by atoms with Crippen molar-refractivity contribution in [3.8, 4) is 0 Å². The molecule has 2 heteroatoms. The molecule has 2 atom stereocenters. The van der Waals surface area contributed by atoms with Crippen molar-refractivity contribution >= 4 is 0 Å². The minimum absolute atomic E-state index is 0.628. The van der Waals surface area contributed by atoms with E-state index >= 15 is 0 Å². The molecule has 0 aromatic carbocycles. The Hall–Kier alpha value is -0.0800. The highest BCUT2D eigenvalue weighted by Gasteiger charge is 2.13. The zero-order valence-electron chi connectivity index (χ0n) is 10.8. The molecule has 0 rings (SSSR count). The molecule has 86 valence electrons. The van der Waals surface area contributed by atoms with E-state index < -0.39 is 0 Å². The Morgan fingerprint density at radius 2 is 1.57 bits per heavy atom. The maximum Gasteiger partial charge on any atom is 0.0192 e. The van der Waals surface area contributed by atoms with Gasteiger partial charge in [-0.3, -0.25) is 4.90 Å². The molecule has 0 aromatic heterocycles. The second-order valence-corrected chi connectivity index (χ2v) is 4.82. The third-order valence-corrected chi connectivity index (χ3v) is 2.97. The summed E-state index contributed by atoms with van der Waals surface area (Å²) in [7, 11) is 2.22. The maximum atomic E-state index is 3.50. The maximum absolute atomic E-state index is 3.50. The van der Waals surface area contributed by atoms with Gasteiger partial charge in [0.2, 0.25) is 0 Å². The fourth-order valence-corrected chi connectivity index (χ4v) is 1.45. The highest BCUT2D eigenvalue weighted by Crippen LogP contribution is 2.04. The molecule has 2 unspecified atom stereocenters. The first-order chi connectivity index (χ1) is 6.49. The molecule has 0 aliphatic rings. The number of nitrogens with one attached hydrogen (secondary N) is 1. The summed E-state index contributed by atoms with van der Waals surface area (Å²) >= 11 is 0. The molecule has 0 fully saturated rings. The molecule has 14 heavy (non-hydrogen) atoms. The van der Waals surface area contributed by atoms with Crippen LogP contribution in [0.4, 0.5) is 0 Å². The van der Waals surface area contributed by atoms with Crippen molar-refractivity contribution in [3.05, 3.63) is 0 Å². The summed E-state index contributed by atoms with van der Waals surface area (Å²) in [5, 5.41) is 3.50. The first kappa shape index (κ1) is 13.9. The normalized spacial score (nSPS) is 16.3. The topological polar surface area (TPSA) is 15.3 Å². The van der Waals surface area contributed by atoms with Gasteiger partial charge in [0, 0.05) is 18.6 Å². The predicted molar refractivity (Wildman–Crippen MR) is 64.7 cm³/mol. The average molecular weight is 200 g/mol. The zero-order valence-corrected chi connectivity index (χ0v) is 10.8. The van der Waals surface area contributed by atoms with Crippen LogP contribution in [0.5, 0.6) is 0 Å². The Balaban J connectivity index is 3.67. The van der Waals surface area contributed by atoms with Crippen LogP contribution in [0, 0.1) is 5.92 Å². The van der Waals surface area contributed by atoms with Crippen LogP contribution < -0.4 is 5.32 Å². The van der Waals surface area contributed by atoms with E-state index in [1.807, 2.05) is 0 Å². The molecule has 1 N–H and O–H groups in total. The molecule has 0 amide bonds. The highest BCUT2D eigenvalue weighted by atomic mass is 15.2. The molecule has 0 radical (unpaired) electrons. The van der Waals surface area contributed by atoms with Crippen molar-refractivity contribution in [1.29, 1.82) is 0 Å². The van der Waals surface area contributed by atoms with Gasteiger partial charge in [0.15, 0.2) is 0 Å². The van der Waals surface area contributed by atoms with Crippen molar-refractivity contribution in [2.45, 2.75) is 53.1 Å². The van der Waals surface area contributed by atoms with E-state index in [1.165, 1.54) is 6.42 Å². The quantitative estimate of drug-likeness (QED) is 0.678. The SMILES string of the molecule is CCC(C)N(C)C(C)CNCC(C)C. The van der Waals surface area contributed by atoms with Gasteiger partial charge >= 0.3 is 0 Å². The Bertz CT molecular complexity index is 134. The van der Waals surface area contributed by atoms with E-state index in [9.17, 15) is 0 Å². The lowest BCUT2D eigenvalue weighted by atomic mass is 10.1. The molecule has 0 heterocycles. The van der Waals surface area contributed by atoms with Crippen molar-refractivity contribution in [2.24, 2.45) is 5.92 Å². The summed E-state index contributed by atoms with van der Waals surface area (Å²) < 4.78 is 0. The number of likely N-dealkylation sites (N-methyl/N-ethyl adjacent to an activating group) is 1. The molecular weight excluding hydrogens is 172 g/mol. The van der Waals surface area contributed by atoms with Gasteiger partial charge in [-0.05, 0) is 39.8 Å². The van der Waals surface area contributed by atoms with Gasteiger partial charge in [0.1, 0.15) is 0 Å². The molecule has 2 nitrogen and oxygen atoms in total. The first-order valence-electron chi connectivity index (χ1n) is 5.91. The second kappa shape index (κ2) is 7.24. The van der Waals surface area contributed by atoms with Gasteiger partial charge in [-0.2, -0.15) is 0 Å². The largest absolute Gasteiger partial charge is 0.315 e. The number of hydrogen-bond donors (Lipinski definition) is 1. The molecule has 0 aliphatic heterocycles. The minimum atomic E-state index is 0.628. The van der Waals surface area contributed by atoms with Crippen LogP contribution in [-0.2, 0) is 0 Å². The fraction of sp³-hybridized carbons (Fsp3) is 1.00. The lowest BCUT2D eigenvalue weighted by Crippen LogP contribution is -2.43. The Morgan fingerprint density at radius 1 is 1.00 bits per heavy atom. The van der Waals surface area contributed by atoms with Crippen LogP contribution in [0.25, 0.3) is 0 Å². The Morgan fingerprint density at radius 3 is 2.00 bits per heavy atom. The van der Waals surface area contributed by atoms with Crippen molar-refractivity contribution in [2.75, 3.05) is 20.1 Å². The highest BCUT2D eigenvalue weighted by molar-refractivity contribution is 4.71. The van der Waals surface area contributed by atoms with Crippen LogP contribution >= 0.6 is 0 Å². The molecule has 0 bridgehead atoms. The number of nitrogens with zero attached hydrogens (tertiary/aromatic N) is 1.